The molecule has 0 atom stereocenters. The Morgan fingerprint density at radius 1 is 0.470 bits per heavy atom. The molecule has 0 saturated heterocycles. The SMILES string of the molecule is COc1ccccc1-c1cc(S(=O)(=O)Nc2ccc(C(=O)Oc3cc(NS(=O)(=O)c4cc(-c5cc(F)ccc5F)c(Cl)s4)ccc3C(=O)O)c(OC(=O)c3ccc(NS(=O)(=O)c4cc(-c5cccc(OC)c5F)c(Cl)s4)cc3O)c2)sc1Cl. The van der Waals surface area contributed by atoms with Crippen molar-refractivity contribution >= 4 is 134 Å². The van der Waals surface area contributed by atoms with E-state index in [-0.39, 0.29) is 60.8 Å². The Morgan fingerprint density at radius 3 is 1.42 bits per heavy atom. The van der Waals surface area contributed by atoms with Crippen LogP contribution in [0.3, 0.4) is 0 Å². The summed E-state index contributed by atoms with van der Waals surface area (Å²) in [6.07, 6.45) is 0. The lowest BCUT2D eigenvalue weighted by Gasteiger charge is -2.15. The molecule has 83 heavy (non-hydrogen) atoms. The number of hydrogen-bond donors (Lipinski definition) is 5. The van der Waals surface area contributed by atoms with Crippen molar-refractivity contribution in [1.29, 1.82) is 0 Å². The maximum atomic E-state index is 15.1. The first-order valence-corrected chi connectivity index (χ1v) is 31.0. The third-order valence-electron chi connectivity index (χ3n) is 11.7. The fourth-order valence-corrected chi connectivity index (χ4v) is 16.2. The number of rotatable bonds is 19. The fourth-order valence-electron chi connectivity index (χ4n) is 7.82. The number of aromatic carboxylic acids is 1. The van der Waals surface area contributed by atoms with E-state index in [9.17, 15) is 58.6 Å². The number of benzene rings is 6. The van der Waals surface area contributed by atoms with Gasteiger partial charge in [0.15, 0.2) is 11.6 Å². The number of ether oxygens (including phenoxy) is 4. The van der Waals surface area contributed by atoms with E-state index in [2.05, 4.69) is 14.2 Å². The molecule has 9 aromatic rings. The molecule has 0 fully saturated rings. The van der Waals surface area contributed by atoms with Crippen LogP contribution in [-0.2, 0) is 30.1 Å². The molecule has 0 aliphatic carbocycles. The van der Waals surface area contributed by atoms with Gasteiger partial charge in [0.25, 0.3) is 30.1 Å². The quantitative estimate of drug-likeness (QED) is 0.0372. The molecule has 0 radical (unpaired) electrons. The Hall–Kier alpha value is -7.86. The van der Waals surface area contributed by atoms with E-state index < -0.39 is 109 Å². The second kappa shape index (κ2) is 23.8. The van der Waals surface area contributed by atoms with Crippen LogP contribution in [0.15, 0.2) is 146 Å². The van der Waals surface area contributed by atoms with Crippen molar-refractivity contribution in [2.24, 2.45) is 0 Å². The van der Waals surface area contributed by atoms with Crippen molar-refractivity contribution in [2.75, 3.05) is 28.4 Å². The summed E-state index contributed by atoms with van der Waals surface area (Å²) in [4.78, 5) is 40.6. The van der Waals surface area contributed by atoms with E-state index >= 15 is 4.39 Å². The summed E-state index contributed by atoms with van der Waals surface area (Å²) in [5, 5.41) is 21.2. The normalized spacial score (nSPS) is 11.7. The number of sulfonamides is 3. The zero-order valence-electron chi connectivity index (χ0n) is 41.6. The van der Waals surface area contributed by atoms with Crippen molar-refractivity contribution in [3.8, 4) is 62.1 Å². The first-order valence-electron chi connectivity index (χ1n) is 22.9. The molecular weight excluding hydrogens is 1270 g/mol. The summed E-state index contributed by atoms with van der Waals surface area (Å²) in [7, 11) is -11.1. The van der Waals surface area contributed by atoms with Gasteiger partial charge >= 0.3 is 17.9 Å². The molecule has 0 bridgehead atoms. The van der Waals surface area contributed by atoms with Crippen molar-refractivity contribution < 1.29 is 82.0 Å². The molecule has 30 heteroatoms. The summed E-state index contributed by atoms with van der Waals surface area (Å²) >= 11 is 20.9. The molecule has 0 unspecified atom stereocenters. The first-order chi connectivity index (χ1) is 39.3. The Bertz CT molecular complexity index is 4480. The predicted molar refractivity (Wildman–Crippen MR) is 308 cm³/mol. The lowest BCUT2D eigenvalue weighted by Crippen LogP contribution is -2.17. The van der Waals surface area contributed by atoms with E-state index in [1.807, 2.05) is 0 Å². The molecule has 9 rings (SSSR count). The van der Waals surface area contributed by atoms with Gasteiger partial charge < -0.3 is 29.2 Å². The number of phenolic OH excluding ortho intramolecular Hbond substituents is 1. The average Bonchev–Trinajstić information content (AvgIpc) is 3.96. The zero-order valence-corrected chi connectivity index (χ0v) is 48.8. The standard InChI is InChI=1S/C53H33Cl3F3N3O15S6/c1-74-40-8-4-3-6-29(40)35-22-44(78-48(35)54)82(70,71)62-28-13-16-33(53(67)76-42-20-27(12-15-32(42)51(64)65)61-83(72,73)46-24-37(50(56)80-46)34-18-25(57)10-17-38(34)58)43(21-28)77-52(66)31-14-11-26(19-39(31)63)60-81(68,69)45-23-36(49(55)79-45)30-7-5-9-41(75-2)47(30)59/h3-24,60-63H,1-2H3,(H,64,65). The van der Waals surface area contributed by atoms with Crippen molar-refractivity contribution in [3.05, 3.63) is 181 Å². The van der Waals surface area contributed by atoms with Crippen LogP contribution in [0, 0.1) is 17.5 Å². The maximum absolute atomic E-state index is 15.1. The Labute approximate surface area is 495 Å². The van der Waals surface area contributed by atoms with Gasteiger partial charge in [0.1, 0.15) is 77.0 Å². The van der Waals surface area contributed by atoms with E-state index in [1.165, 1.54) is 38.5 Å². The van der Waals surface area contributed by atoms with Crippen LogP contribution in [0.4, 0.5) is 30.2 Å². The molecule has 0 aliphatic heterocycles. The molecule has 428 valence electrons. The second-order valence-corrected chi connectivity index (χ2v) is 27.6. The summed E-state index contributed by atoms with van der Waals surface area (Å²) in [5.74, 6) is -9.36. The number of hydrogen-bond acceptors (Lipinski definition) is 17. The van der Waals surface area contributed by atoms with Gasteiger partial charge in [0, 0.05) is 51.6 Å². The lowest BCUT2D eigenvalue weighted by atomic mass is 10.1. The minimum Gasteiger partial charge on any atom is -0.507 e. The summed E-state index contributed by atoms with van der Waals surface area (Å²) in [6, 6.07) is 25.0. The lowest BCUT2D eigenvalue weighted by molar-refractivity contribution is 0.0680. The number of halogens is 6. The largest absolute Gasteiger partial charge is 0.507 e. The third kappa shape index (κ3) is 12.7. The number of anilines is 3. The van der Waals surface area contributed by atoms with Gasteiger partial charge in [-0.3, -0.25) is 14.2 Å². The van der Waals surface area contributed by atoms with E-state index in [1.54, 1.807) is 24.3 Å². The third-order valence-corrected chi connectivity index (χ3v) is 21.3. The zero-order chi connectivity index (χ0) is 59.9. The van der Waals surface area contributed by atoms with Crippen LogP contribution < -0.4 is 33.1 Å². The van der Waals surface area contributed by atoms with E-state index in [0.29, 0.717) is 50.9 Å². The van der Waals surface area contributed by atoms with Gasteiger partial charge in [0.2, 0.25) is 0 Å². The van der Waals surface area contributed by atoms with Crippen LogP contribution in [0.5, 0.6) is 28.7 Å². The molecule has 18 nitrogen and oxygen atoms in total. The number of nitrogens with one attached hydrogen (secondary N) is 3. The Kier molecular flexibility index (Phi) is 17.1. The number of carboxylic acids is 1. The second-order valence-electron chi connectivity index (χ2n) is 17.0. The van der Waals surface area contributed by atoms with Gasteiger partial charge in [-0.25, -0.2) is 52.8 Å². The number of phenols is 1. The Morgan fingerprint density at radius 2 is 0.904 bits per heavy atom. The number of carbonyl (C=O) groups excluding carboxylic acids is 2. The molecule has 0 aliphatic rings. The summed E-state index contributed by atoms with van der Waals surface area (Å²) in [5.41, 5.74) is -2.87. The molecule has 5 N–H and O–H groups in total. The first kappa shape index (κ1) is 59.8. The molecule has 3 aromatic heterocycles. The van der Waals surface area contributed by atoms with Gasteiger partial charge in [-0.1, -0.05) is 65.1 Å². The number of aromatic hydroxyl groups is 1. The minimum atomic E-state index is -4.64. The highest BCUT2D eigenvalue weighted by Crippen LogP contribution is 2.45. The van der Waals surface area contributed by atoms with Crippen LogP contribution in [-0.4, -0.2) is 67.6 Å². The van der Waals surface area contributed by atoms with E-state index in [4.69, 9.17) is 53.8 Å². The van der Waals surface area contributed by atoms with Crippen molar-refractivity contribution in [2.45, 2.75) is 12.6 Å². The van der Waals surface area contributed by atoms with Crippen LogP contribution >= 0.6 is 68.8 Å². The van der Waals surface area contributed by atoms with Gasteiger partial charge in [-0.15, -0.1) is 34.0 Å². The van der Waals surface area contributed by atoms with Crippen LogP contribution in [0.2, 0.25) is 13.0 Å². The summed E-state index contributed by atoms with van der Waals surface area (Å²) < 4.78 is 153. The van der Waals surface area contributed by atoms with Crippen LogP contribution in [0.25, 0.3) is 33.4 Å². The van der Waals surface area contributed by atoms with Crippen molar-refractivity contribution in [1.82, 2.24) is 0 Å². The molecule has 3 heterocycles. The molecule has 0 spiro atoms. The maximum Gasteiger partial charge on any atom is 0.347 e. The molecule has 6 aromatic carbocycles. The monoisotopic (exact) mass is 1300 g/mol. The fraction of sp³-hybridized carbons (Fsp3) is 0.0377. The number of thiophene rings is 3. The minimum absolute atomic E-state index is 0.0301. The van der Waals surface area contributed by atoms with Gasteiger partial charge in [-0.05, 0) is 84.9 Å². The predicted octanol–water partition coefficient (Wildman–Crippen LogP) is 13.5. The highest BCUT2D eigenvalue weighted by Gasteiger charge is 2.29. The number of carbonyl (C=O) groups is 3. The van der Waals surface area contributed by atoms with Crippen molar-refractivity contribution in [3.63, 3.8) is 0 Å². The number of para-hydroxylation sites is 1. The number of carboxylic acid groups (broad SMARTS) is 1. The smallest absolute Gasteiger partial charge is 0.347 e. The average molecular weight is 1310 g/mol. The summed E-state index contributed by atoms with van der Waals surface area (Å²) in [6.45, 7) is 0. The Balaban J connectivity index is 1.02. The highest BCUT2D eigenvalue weighted by molar-refractivity contribution is 7.95. The van der Waals surface area contributed by atoms with Gasteiger partial charge in [-0.2, -0.15) is 0 Å². The molecule has 0 saturated carbocycles. The van der Waals surface area contributed by atoms with Gasteiger partial charge in [0.05, 0.1) is 31.3 Å². The molecule has 0 amide bonds. The number of esters is 2. The topological polar surface area (TPSA) is 267 Å². The number of methoxy groups -OCH3 is 2. The van der Waals surface area contributed by atoms with E-state index in [0.717, 1.165) is 84.9 Å². The highest BCUT2D eigenvalue weighted by atomic mass is 35.5. The van der Waals surface area contributed by atoms with Crippen LogP contribution in [0.1, 0.15) is 31.1 Å². The molecular formula is C53H33Cl3F3N3O15S6.